The number of nitrogens with two attached hydrogens (primary N) is 1. The van der Waals surface area contributed by atoms with Crippen LogP contribution in [-0.4, -0.2) is 34.0 Å². The van der Waals surface area contributed by atoms with Gasteiger partial charge in [0.25, 0.3) is 11.8 Å². The summed E-state index contributed by atoms with van der Waals surface area (Å²) in [5.41, 5.74) is 7.95. The summed E-state index contributed by atoms with van der Waals surface area (Å²) in [5, 5.41) is 6.32. The molecule has 1 aliphatic carbocycles. The van der Waals surface area contributed by atoms with Crippen LogP contribution in [-0.2, 0) is 6.42 Å². The normalized spacial score (nSPS) is 16.5. The Bertz CT molecular complexity index is 707. The number of nitrogens with one attached hydrogen (secondary N) is 1. The lowest BCUT2D eigenvalue weighted by molar-refractivity contribution is 0.0724. The molecule has 0 spiro atoms. The van der Waals surface area contributed by atoms with Crippen LogP contribution in [0.2, 0.25) is 0 Å². The summed E-state index contributed by atoms with van der Waals surface area (Å²) in [4.78, 5) is 25.2. The van der Waals surface area contributed by atoms with Gasteiger partial charge in [-0.05, 0) is 24.0 Å². The highest BCUT2D eigenvalue weighted by molar-refractivity contribution is 5.97. The van der Waals surface area contributed by atoms with Gasteiger partial charge in [-0.3, -0.25) is 14.7 Å². The van der Waals surface area contributed by atoms with Crippen molar-refractivity contribution in [3.05, 3.63) is 52.8 Å². The molecule has 6 nitrogen and oxygen atoms in total. The van der Waals surface area contributed by atoms with Crippen LogP contribution in [0.4, 0.5) is 0 Å². The lowest BCUT2D eigenvalue weighted by Crippen LogP contribution is -2.30. The van der Waals surface area contributed by atoms with Crippen molar-refractivity contribution in [2.45, 2.75) is 18.9 Å². The average Bonchev–Trinajstić information content (AvgIpc) is 3.12. The Morgan fingerprint density at radius 2 is 2.14 bits per heavy atom. The van der Waals surface area contributed by atoms with Gasteiger partial charge in [-0.2, -0.15) is 5.10 Å². The van der Waals surface area contributed by atoms with E-state index >= 15 is 0 Å². The number of benzene rings is 1. The Balaban J connectivity index is 1.83. The smallest absolute Gasteiger partial charge is 0.272 e. The molecule has 0 bridgehead atoms. The molecule has 21 heavy (non-hydrogen) atoms. The molecule has 3 rings (SSSR count). The monoisotopic (exact) mass is 284 g/mol. The van der Waals surface area contributed by atoms with Crippen molar-refractivity contribution in [2.75, 3.05) is 7.05 Å². The first kappa shape index (κ1) is 13.4. The minimum absolute atomic E-state index is 0.0500. The first-order chi connectivity index (χ1) is 10.1. The number of amides is 2. The molecule has 108 valence electrons. The number of hydrogen-bond acceptors (Lipinski definition) is 3. The number of carbonyl (C=O) groups excluding carboxylic acids is 2. The Labute approximate surface area is 121 Å². The summed E-state index contributed by atoms with van der Waals surface area (Å²) in [6.07, 6.45) is 1.87. The highest BCUT2D eigenvalue weighted by Crippen LogP contribution is 2.35. The number of primary amides is 1. The number of carbonyl (C=O) groups is 2. The van der Waals surface area contributed by atoms with Gasteiger partial charge in [0.1, 0.15) is 5.69 Å². The zero-order valence-electron chi connectivity index (χ0n) is 11.7. The molecule has 3 N–H and O–H groups in total. The van der Waals surface area contributed by atoms with Crippen LogP contribution in [0, 0.1) is 0 Å². The second kappa shape index (κ2) is 5.05. The topological polar surface area (TPSA) is 92.1 Å². The van der Waals surface area contributed by atoms with Gasteiger partial charge < -0.3 is 10.6 Å². The zero-order valence-corrected chi connectivity index (χ0v) is 11.7. The first-order valence-electron chi connectivity index (χ1n) is 6.78. The number of aromatic amines is 1. The zero-order chi connectivity index (χ0) is 15.0. The lowest BCUT2D eigenvalue weighted by atomic mass is 10.1. The predicted octanol–water partition coefficient (Wildman–Crippen LogP) is 1.27. The molecule has 1 aliphatic rings. The van der Waals surface area contributed by atoms with Gasteiger partial charge in [-0.15, -0.1) is 0 Å². The molecule has 2 amide bonds. The maximum atomic E-state index is 12.5. The quantitative estimate of drug-likeness (QED) is 0.889. The number of fused-ring (bicyclic) bond motifs is 1. The van der Waals surface area contributed by atoms with Crippen LogP contribution in [0.3, 0.4) is 0 Å². The molecule has 1 aromatic heterocycles. The summed E-state index contributed by atoms with van der Waals surface area (Å²) < 4.78 is 0. The van der Waals surface area contributed by atoms with E-state index in [1.54, 1.807) is 11.9 Å². The SMILES string of the molecule is CN(C(=O)c1cc(C(N)=O)n[nH]1)C1CCc2ccccc21. The third-order valence-electron chi connectivity index (χ3n) is 3.95. The van der Waals surface area contributed by atoms with Gasteiger partial charge in [0.05, 0.1) is 6.04 Å². The lowest BCUT2D eigenvalue weighted by Gasteiger charge is -2.24. The van der Waals surface area contributed by atoms with Gasteiger partial charge in [-0.25, -0.2) is 0 Å². The number of aromatic nitrogens is 2. The molecule has 0 saturated carbocycles. The predicted molar refractivity (Wildman–Crippen MR) is 76.7 cm³/mol. The Hall–Kier alpha value is -2.63. The molecule has 1 atom stereocenters. The van der Waals surface area contributed by atoms with Crippen LogP contribution in [0.1, 0.15) is 44.6 Å². The van der Waals surface area contributed by atoms with E-state index in [0.29, 0.717) is 0 Å². The minimum Gasteiger partial charge on any atom is -0.364 e. The molecule has 2 aromatic rings. The van der Waals surface area contributed by atoms with Gasteiger partial charge >= 0.3 is 0 Å². The third kappa shape index (κ3) is 2.29. The Morgan fingerprint density at radius 1 is 1.38 bits per heavy atom. The number of H-pyrrole nitrogens is 1. The summed E-state index contributed by atoms with van der Waals surface area (Å²) in [6, 6.07) is 9.58. The van der Waals surface area contributed by atoms with Crippen molar-refractivity contribution in [1.29, 1.82) is 0 Å². The molecular weight excluding hydrogens is 268 g/mol. The number of nitrogens with zero attached hydrogens (tertiary/aromatic N) is 2. The average molecular weight is 284 g/mol. The molecule has 1 unspecified atom stereocenters. The van der Waals surface area contributed by atoms with Gasteiger partial charge in [0.15, 0.2) is 5.69 Å². The summed E-state index contributed by atoms with van der Waals surface area (Å²) in [5.74, 6) is -0.851. The van der Waals surface area contributed by atoms with E-state index in [0.717, 1.165) is 12.8 Å². The van der Waals surface area contributed by atoms with E-state index in [9.17, 15) is 9.59 Å². The maximum Gasteiger partial charge on any atom is 0.272 e. The van der Waals surface area contributed by atoms with Gasteiger partial charge in [0.2, 0.25) is 0 Å². The Kier molecular flexibility index (Phi) is 3.21. The fourth-order valence-corrected chi connectivity index (χ4v) is 2.83. The largest absolute Gasteiger partial charge is 0.364 e. The van der Waals surface area contributed by atoms with Crippen molar-refractivity contribution in [3.8, 4) is 0 Å². The number of aryl methyl sites for hydroxylation is 1. The van der Waals surface area contributed by atoms with Crippen molar-refractivity contribution >= 4 is 11.8 Å². The second-order valence-corrected chi connectivity index (χ2v) is 5.20. The van der Waals surface area contributed by atoms with Crippen LogP contribution in [0.5, 0.6) is 0 Å². The number of rotatable bonds is 3. The van der Waals surface area contributed by atoms with Crippen molar-refractivity contribution in [2.24, 2.45) is 5.73 Å². The van der Waals surface area contributed by atoms with Crippen molar-refractivity contribution < 1.29 is 9.59 Å². The molecule has 0 saturated heterocycles. The molecule has 1 heterocycles. The van der Waals surface area contributed by atoms with E-state index in [4.69, 9.17) is 5.73 Å². The van der Waals surface area contributed by atoms with Crippen LogP contribution < -0.4 is 5.73 Å². The summed E-state index contributed by atoms with van der Waals surface area (Å²) >= 11 is 0. The third-order valence-corrected chi connectivity index (χ3v) is 3.95. The first-order valence-corrected chi connectivity index (χ1v) is 6.78. The van der Waals surface area contributed by atoms with Crippen molar-refractivity contribution in [3.63, 3.8) is 0 Å². The van der Waals surface area contributed by atoms with Gasteiger partial charge in [0, 0.05) is 13.1 Å². The highest BCUT2D eigenvalue weighted by Gasteiger charge is 2.29. The molecule has 6 heteroatoms. The number of hydrogen-bond donors (Lipinski definition) is 2. The fourth-order valence-electron chi connectivity index (χ4n) is 2.83. The molecule has 0 aliphatic heterocycles. The molecule has 0 radical (unpaired) electrons. The summed E-state index contributed by atoms with van der Waals surface area (Å²) in [6.45, 7) is 0. The highest BCUT2D eigenvalue weighted by atomic mass is 16.2. The van der Waals surface area contributed by atoms with E-state index < -0.39 is 5.91 Å². The van der Waals surface area contributed by atoms with Crippen LogP contribution in [0.25, 0.3) is 0 Å². The van der Waals surface area contributed by atoms with Crippen LogP contribution in [0.15, 0.2) is 30.3 Å². The Morgan fingerprint density at radius 3 is 2.86 bits per heavy atom. The molecular formula is C15H16N4O2. The van der Waals surface area contributed by atoms with Crippen molar-refractivity contribution in [1.82, 2.24) is 15.1 Å². The van der Waals surface area contributed by atoms with E-state index in [2.05, 4.69) is 22.3 Å². The van der Waals surface area contributed by atoms with E-state index in [-0.39, 0.29) is 23.3 Å². The van der Waals surface area contributed by atoms with Crippen LogP contribution >= 0.6 is 0 Å². The maximum absolute atomic E-state index is 12.5. The minimum atomic E-state index is -0.654. The van der Waals surface area contributed by atoms with Gasteiger partial charge in [-0.1, -0.05) is 24.3 Å². The molecule has 0 fully saturated rings. The van der Waals surface area contributed by atoms with E-state index in [1.807, 2.05) is 12.1 Å². The standard InChI is InChI=1S/C15H16N4O2/c1-19(13-7-6-9-4-2-3-5-10(9)13)15(21)12-8-11(14(16)20)17-18-12/h2-5,8,13H,6-7H2,1H3,(H2,16,20)(H,17,18). The second-order valence-electron chi connectivity index (χ2n) is 5.20. The summed E-state index contributed by atoms with van der Waals surface area (Å²) in [7, 11) is 1.76. The molecule has 1 aromatic carbocycles. The van der Waals surface area contributed by atoms with E-state index in [1.165, 1.54) is 17.2 Å². The fraction of sp³-hybridized carbons (Fsp3) is 0.267.